The first-order valence-electron chi connectivity index (χ1n) is 3.51. The van der Waals surface area contributed by atoms with Crippen molar-refractivity contribution in [2.24, 2.45) is 0 Å². The van der Waals surface area contributed by atoms with Crippen LogP contribution in [0.4, 0.5) is 0 Å². The fourth-order valence-electron chi connectivity index (χ4n) is 0.699. The van der Waals surface area contributed by atoms with Gasteiger partial charge in [0.1, 0.15) is 0 Å². The lowest BCUT2D eigenvalue weighted by Crippen LogP contribution is -1.96. The van der Waals surface area contributed by atoms with E-state index in [1.165, 1.54) is 0 Å². The van der Waals surface area contributed by atoms with E-state index in [9.17, 15) is 0 Å². The summed E-state index contributed by atoms with van der Waals surface area (Å²) in [6.45, 7) is 0.474. The van der Waals surface area contributed by atoms with Crippen molar-refractivity contribution in [1.82, 2.24) is 4.98 Å². The highest BCUT2D eigenvalue weighted by atomic mass is 35.5. The molecule has 3 heteroatoms. The summed E-state index contributed by atoms with van der Waals surface area (Å²) in [5.74, 6) is 3.05. The zero-order chi connectivity index (χ0) is 8.81. The number of hydrogen-bond acceptors (Lipinski definition) is 2. The maximum atomic E-state index is 5.72. The molecule has 0 aromatic carbocycles. The van der Waals surface area contributed by atoms with Gasteiger partial charge in [0.25, 0.3) is 0 Å². The molecule has 0 unspecified atom stereocenters. The zero-order valence-corrected chi connectivity index (χ0v) is 7.21. The van der Waals surface area contributed by atoms with Gasteiger partial charge in [-0.15, -0.1) is 12.3 Å². The second-order valence-corrected chi connectivity index (χ2v) is 2.45. The number of terminal acetylenes is 1. The van der Waals surface area contributed by atoms with Gasteiger partial charge in [-0.3, -0.25) is 0 Å². The van der Waals surface area contributed by atoms with Crippen LogP contribution >= 0.6 is 11.6 Å². The van der Waals surface area contributed by atoms with Gasteiger partial charge < -0.3 is 4.74 Å². The molecule has 62 valence electrons. The summed E-state index contributed by atoms with van der Waals surface area (Å²) in [4.78, 5) is 3.85. The van der Waals surface area contributed by atoms with Gasteiger partial charge >= 0.3 is 0 Å². The van der Waals surface area contributed by atoms with E-state index in [1.54, 1.807) is 18.3 Å². The van der Waals surface area contributed by atoms with E-state index in [0.29, 0.717) is 23.9 Å². The van der Waals surface area contributed by atoms with Crippen LogP contribution in [0.25, 0.3) is 0 Å². The number of ether oxygens (including phenoxy) is 1. The van der Waals surface area contributed by atoms with Crippen molar-refractivity contribution in [1.29, 1.82) is 0 Å². The van der Waals surface area contributed by atoms with E-state index in [4.69, 9.17) is 22.8 Å². The van der Waals surface area contributed by atoms with Crippen molar-refractivity contribution in [3.8, 4) is 18.1 Å². The molecular formula is C9H8ClNO. The molecule has 1 rings (SSSR count). The van der Waals surface area contributed by atoms with E-state index in [2.05, 4.69) is 10.9 Å². The molecule has 0 saturated carbocycles. The van der Waals surface area contributed by atoms with E-state index >= 15 is 0 Å². The van der Waals surface area contributed by atoms with Crippen LogP contribution in [0.15, 0.2) is 18.3 Å². The van der Waals surface area contributed by atoms with E-state index in [0.717, 1.165) is 0 Å². The summed E-state index contributed by atoms with van der Waals surface area (Å²) in [7, 11) is 0. The van der Waals surface area contributed by atoms with Gasteiger partial charge in [-0.1, -0.05) is 11.6 Å². The normalized spacial score (nSPS) is 9.00. The predicted octanol–water partition coefficient (Wildman–Crippen LogP) is 2.14. The number of nitrogens with zero attached hydrogens (tertiary/aromatic N) is 1. The van der Waals surface area contributed by atoms with Gasteiger partial charge in [0, 0.05) is 12.6 Å². The standard InChI is InChI=1S/C9H8ClNO/c1-2-3-7-12-8-5-4-6-11-9(8)10/h1,4-6H,3,7H2. The Morgan fingerprint density at radius 3 is 3.17 bits per heavy atom. The minimum Gasteiger partial charge on any atom is -0.489 e. The summed E-state index contributed by atoms with van der Waals surface area (Å²) in [6, 6.07) is 3.52. The van der Waals surface area contributed by atoms with Gasteiger partial charge in [0.05, 0.1) is 6.61 Å². The van der Waals surface area contributed by atoms with Crippen LogP contribution in [0.1, 0.15) is 6.42 Å². The van der Waals surface area contributed by atoms with Gasteiger partial charge in [-0.05, 0) is 12.1 Å². The van der Waals surface area contributed by atoms with Crippen molar-refractivity contribution < 1.29 is 4.74 Å². The molecule has 0 saturated heterocycles. The van der Waals surface area contributed by atoms with Gasteiger partial charge in [-0.25, -0.2) is 4.98 Å². The summed E-state index contributed by atoms with van der Waals surface area (Å²) in [5.41, 5.74) is 0. The number of halogens is 1. The molecule has 1 aromatic heterocycles. The molecule has 0 bridgehead atoms. The van der Waals surface area contributed by atoms with Crippen LogP contribution < -0.4 is 4.74 Å². The van der Waals surface area contributed by atoms with Crippen LogP contribution in [0, 0.1) is 12.3 Å². The molecule has 0 aliphatic carbocycles. The van der Waals surface area contributed by atoms with Crippen molar-refractivity contribution in [3.63, 3.8) is 0 Å². The molecule has 0 radical (unpaired) electrons. The molecule has 0 N–H and O–H groups in total. The van der Waals surface area contributed by atoms with Crippen molar-refractivity contribution >= 4 is 11.6 Å². The molecule has 1 heterocycles. The molecule has 0 aliphatic rings. The van der Waals surface area contributed by atoms with Crippen molar-refractivity contribution in [3.05, 3.63) is 23.5 Å². The average Bonchev–Trinajstić information content (AvgIpc) is 2.09. The van der Waals surface area contributed by atoms with Crippen molar-refractivity contribution in [2.75, 3.05) is 6.61 Å². The van der Waals surface area contributed by atoms with Crippen LogP contribution in [0.2, 0.25) is 5.15 Å². The highest BCUT2D eigenvalue weighted by Crippen LogP contribution is 2.19. The van der Waals surface area contributed by atoms with Crippen molar-refractivity contribution in [2.45, 2.75) is 6.42 Å². The minimum absolute atomic E-state index is 0.370. The third-order valence-electron chi connectivity index (χ3n) is 1.23. The Morgan fingerprint density at radius 2 is 2.50 bits per heavy atom. The molecule has 12 heavy (non-hydrogen) atoms. The second kappa shape index (κ2) is 4.63. The largest absolute Gasteiger partial charge is 0.489 e. The average molecular weight is 182 g/mol. The highest BCUT2D eigenvalue weighted by molar-refractivity contribution is 6.30. The van der Waals surface area contributed by atoms with Crippen LogP contribution in [0.3, 0.4) is 0 Å². The molecule has 0 amide bonds. The minimum atomic E-state index is 0.370. The van der Waals surface area contributed by atoms with Gasteiger partial charge in [0.15, 0.2) is 10.9 Å². The Kier molecular flexibility index (Phi) is 3.43. The summed E-state index contributed by atoms with van der Waals surface area (Å²) in [6.07, 6.45) is 7.23. The van der Waals surface area contributed by atoms with E-state index in [1.807, 2.05) is 0 Å². The first kappa shape index (κ1) is 8.89. The highest BCUT2D eigenvalue weighted by Gasteiger charge is 1.98. The predicted molar refractivity (Wildman–Crippen MR) is 48.2 cm³/mol. The number of pyridine rings is 1. The number of hydrogen-bond donors (Lipinski definition) is 0. The third kappa shape index (κ3) is 2.44. The second-order valence-electron chi connectivity index (χ2n) is 2.09. The quantitative estimate of drug-likeness (QED) is 0.405. The maximum Gasteiger partial charge on any atom is 0.171 e. The van der Waals surface area contributed by atoms with Crippen LogP contribution in [-0.4, -0.2) is 11.6 Å². The van der Waals surface area contributed by atoms with E-state index in [-0.39, 0.29) is 0 Å². The molecule has 0 fully saturated rings. The number of rotatable bonds is 3. The van der Waals surface area contributed by atoms with Crippen LogP contribution in [0.5, 0.6) is 5.75 Å². The first-order valence-corrected chi connectivity index (χ1v) is 3.89. The Morgan fingerprint density at radius 1 is 1.67 bits per heavy atom. The smallest absolute Gasteiger partial charge is 0.171 e. The lowest BCUT2D eigenvalue weighted by molar-refractivity contribution is 0.326. The zero-order valence-electron chi connectivity index (χ0n) is 6.46. The SMILES string of the molecule is C#CCCOc1cccnc1Cl. The summed E-state index contributed by atoms with van der Waals surface area (Å²) < 4.78 is 5.24. The Balaban J connectivity index is 2.53. The Hall–Kier alpha value is -1.20. The number of aromatic nitrogens is 1. The lowest BCUT2D eigenvalue weighted by atomic mass is 10.4. The first-order chi connectivity index (χ1) is 5.84. The van der Waals surface area contributed by atoms with E-state index < -0.39 is 0 Å². The van der Waals surface area contributed by atoms with Gasteiger partial charge in [0.2, 0.25) is 0 Å². The molecular weight excluding hydrogens is 174 g/mol. The monoisotopic (exact) mass is 181 g/mol. The topological polar surface area (TPSA) is 22.1 Å². The lowest BCUT2D eigenvalue weighted by Gasteiger charge is -2.03. The van der Waals surface area contributed by atoms with Gasteiger partial charge in [-0.2, -0.15) is 0 Å². The molecule has 0 atom stereocenters. The Labute approximate surface area is 76.5 Å². The Bertz CT molecular complexity index is 293. The molecule has 2 nitrogen and oxygen atoms in total. The molecule has 0 aliphatic heterocycles. The molecule has 0 spiro atoms. The summed E-state index contributed by atoms with van der Waals surface area (Å²) >= 11 is 5.72. The summed E-state index contributed by atoms with van der Waals surface area (Å²) in [5, 5.41) is 0.370. The molecule has 1 aromatic rings. The third-order valence-corrected chi connectivity index (χ3v) is 1.51. The van der Waals surface area contributed by atoms with Crippen LogP contribution in [-0.2, 0) is 0 Å². The maximum absolute atomic E-state index is 5.72. The fourth-order valence-corrected chi connectivity index (χ4v) is 0.873. The fraction of sp³-hybridized carbons (Fsp3) is 0.222.